The molecule has 0 spiro atoms. The van der Waals surface area contributed by atoms with Gasteiger partial charge in [0.2, 0.25) is 5.91 Å². The van der Waals surface area contributed by atoms with Crippen LogP contribution in [-0.4, -0.2) is 55.6 Å². The molecule has 0 saturated carbocycles. The second-order valence-electron chi connectivity index (χ2n) is 6.67. The summed E-state index contributed by atoms with van der Waals surface area (Å²) >= 11 is 0. The Morgan fingerprint density at radius 3 is 2.59 bits per heavy atom. The summed E-state index contributed by atoms with van der Waals surface area (Å²) in [6.07, 6.45) is 1.67. The van der Waals surface area contributed by atoms with Crippen LogP contribution in [-0.2, 0) is 25.6 Å². The highest BCUT2D eigenvalue weighted by Crippen LogP contribution is 2.20. The van der Waals surface area contributed by atoms with Crippen LogP contribution in [0.5, 0.6) is 0 Å². The minimum Gasteiger partial charge on any atom is -0.466 e. The zero-order chi connectivity index (χ0) is 19.8. The van der Waals surface area contributed by atoms with Crippen molar-refractivity contribution >= 4 is 17.8 Å². The summed E-state index contributed by atoms with van der Waals surface area (Å²) < 4.78 is 9.78. The molecule has 1 N–H and O–H groups in total. The topological polar surface area (TPSA) is 84.9 Å². The third-order valence-corrected chi connectivity index (χ3v) is 4.84. The average Bonchev–Trinajstić information content (AvgIpc) is 2.71. The van der Waals surface area contributed by atoms with Crippen molar-refractivity contribution in [3.63, 3.8) is 0 Å². The maximum Gasteiger partial charge on any atom is 0.337 e. The maximum atomic E-state index is 12.5. The van der Waals surface area contributed by atoms with Gasteiger partial charge < -0.3 is 14.8 Å². The molecule has 2 rings (SSSR count). The number of hydrogen-bond acceptors (Lipinski definition) is 6. The van der Waals surface area contributed by atoms with Gasteiger partial charge in [-0.05, 0) is 50.9 Å². The molecule has 1 aromatic rings. The van der Waals surface area contributed by atoms with Crippen molar-refractivity contribution in [1.29, 1.82) is 0 Å². The number of nitrogens with one attached hydrogen (secondary N) is 1. The Labute approximate surface area is 160 Å². The van der Waals surface area contributed by atoms with Crippen LogP contribution >= 0.6 is 0 Å². The van der Waals surface area contributed by atoms with Gasteiger partial charge in [-0.25, -0.2) is 4.79 Å². The van der Waals surface area contributed by atoms with Crippen molar-refractivity contribution in [2.75, 3.05) is 26.8 Å². The Kier molecular flexibility index (Phi) is 7.79. The second-order valence-corrected chi connectivity index (χ2v) is 6.67. The number of ether oxygens (including phenoxy) is 2. The van der Waals surface area contributed by atoms with Gasteiger partial charge in [-0.3, -0.25) is 14.5 Å². The minimum absolute atomic E-state index is 0.0865. The smallest absolute Gasteiger partial charge is 0.337 e. The maximum absolute atomic E-state index is 12.5. The lowest BCUT2D eigenvalue weighted by molar-refractivity contribution is -0.151. The number of methoxy groups -OCH3 is 1. The monoisotopic (exact) mass is 376 g/mol. The van der Waals surface area contributed by atoms with Crippen molar-refractivity contribution in [3.8, 4) is 0 Å². The molecule has 1 aliphatic heterocycles. The van der Waals surface area contributed by atoms with E-state index in [9.17, 15) is 14.4 Å². The molecule has 1 aliphatic rings. The highest BCUT2D eigenvalue weighted by Gasteiger charge is 2.31. The van der Waals surface area contributed by atoms with Gasteiger partial charge in [-0.15, -0.1) is 0 Å². The molecule has 1 heterocycles. The summed E-state index contributed by atoms with van der Waals surface area (Å²) in [4.78, 5) is 37.9. The Morgan fingerprint density at radius 1 is 1.26 bits per heavy atom. The van der Waals surface area contributed by atoms with Gasteiger partial charge >= 0.3 is 11.9 Å². The highest BCUT2D eigenvalue weighted by molar-refractivity contribution is 5.89. The molecule has 148 valence electrons. The molecule has 0 radical (unpaired) electrons. The number of benzene rings is 1. The molecule has 0 aliphatic carbocycles. The van der Waals surface area contributed by atoms with E-state index in [1.807, 2.05) is 11.8 Å². The number of nitrogens with zero attached hydrogens (tertiary/aromatic N) is 1. The molecule has 2 atom stereocenters. The highest BCUT2D eigenvalue weighted by atomic mass is 16.5. The van der Waals surface area contributed by atoms with E-state index in [0.717, 1.165) is 24.9 Å². The van der Waals surface area contributed by atoms with Gasteiger partial charge in [-0.1, -0.05) is 12.1 Å². The number of esters is 2. The molecule has 7 heteroatoms. The Balaban J connectivity index is 1.86. The zero-order valence-corrected chi connectivity index (χ0v) is 16.2. The first-order chi connectivity index (χ1) is 13.0. The fourth-order valence-corrected chi connectivity index (χ4v) is 3.19. The summed E-state index contributed by atoms with van der Waals surface area (Å²) in [7, 11) is 1.34. The Hall–Kier alpha value is -2.41. The molecular weight excluding hydrogens is 348 g/mol. The second kappa shape index (κ2) is 10.1. The first kappa shape index (κ1) is 20.9. The van der Waals surface area contributed by atoms with Crippen molar-refractivity contribution in [3.05, 3.63) is 35.4 Å². The van der Waals surface area contributed by atoms with Crippen LogP contribution in [0.3, 0.4) is 0 Å². The van der Waals surface area contributed by atoms with Gasteiger partial charge in [0.15, 0.2) is 0 Å². The van der Waals surface area contributed by atoms with Gasteiger partial charge in [0, 0.05) is 13.1 Å². The quantitative estimate of drug-likeness (QED) is 0.730. The third-order valence-electron chi connectivity index (χ3n) is 4.84. The van der Waals surface area contributed by atoms with E-state index in [-0.39, 0.29) is 29.8 Å². The first-order valence-electron chi connectivity index (χ1n) is 9.31. The number of likely N-dealkylation sites (tertiary alicyclic amines) is 1. The van der Waals surface area contributed by atoms with E-state index in [1.54, 1.807) is 31.2 Å². The van der Waals surface area contributed by atoms with Crippen molar-refractivity contribution < 1.29 is 23.9 Å². The average molecular weight is 376 g/mol. The molecule has 1 saturated heterocycles. The number of rotatable bonds is 7. The van der Waals surface area contributed by atoms with E-state index >= 15 is 0 Å². The van der Waals surface area contributed by atoms with Crippen LogP contribution in [0.1, 0.15) is 42.6 Å². The SMILES string of the molecule is CCOC(=O)C1CCCN(C(C)C(=O)NCc2ccc(C(=O)OC)cc2)C1. The number of piperidine rings is 1. The van der Waals surface area contributed by atoms with Crippen molar-refractivity contribution in [1.82, 2.24) is 10.2 Å². The summed E-state index contributed by atoms with van der Waals surface area (Å²) in [5.41, 5.74) is 1.37. The van der Waals surface area contributed by atoms with Crippen LogP contribution in [0.4, 0.5) is 0 Å². The fraction of sp³-hybridized carbons (Fsp3) is 0.550. The number of carbonyl (C=O) groups excluding carboxylic acids is 3. The van der Waals surface area contributed by atoms with Gasteiger partial charge in [0.25, 0.3) is 0 Å². The summed E-state index contributed by atoms with van der Waals surface area (Å²) in [6.45, 7) is 5.73. The largest absolute Gasteiger partial charge is 0.466 e. The molecule has 7 nitrogen and oxygen atoms in total. The zero-order valence-electron chi connectivity index (χ0n) is 16.2. The van der Waals surface area contributed by atoms with Gasteiger partial charge in [0.05, 0.1) is 31.2 Å². The van der Waals surface area contributed by atoms with Gasteiger partial charge in [0.1, 0.15) is 0 Å². The number of carbonyl (C=O) groups is 3. The molecule has 27 heavy (non-hydrogen) atoms. The molecule has 0 bridgehead atoms. The molecule has 1 fully saturated rings. The van der Waals surface area contributed by atoms with E-state index < -0.39 is 0 Å². The lowest BCUT2D eigenvalue weighted by atomic mass is 9.97. The van der Waals surface area contributed by atoms with Crippen LogP contribution in [0.2, 0.25) is 0 Å². The molecular formula is C20H28N2O5. The predicted octanol–water partition coefficient (Wildman–Crippen LogP) is 1.75. The Bertz CT molecular complexity index is 659. The van der Waals surface area contributed by atoms with Gasteiger partial charge in [-0.2, -0.15) is 0 Å². The van der Waals surface area contributed by atoms with Crippen LogP contribution in [0.25, 0.3) is 0 Å². The fourth-order valence-electron chi connectivity index (χ4n) is 3.19. The van der Waals surface area contributed by atoms with E-state index in [4.69, 9.17) is 4.74 Å². The van der Waals surface area contributed by atoms with E-state index in [0.29, 0.717) is 25.3 Å². The Morgan fingerprint density at radius 2 is 1.96 bits per heavy atom. The summed E-state index contributed by atoms with van der Waals surface area (Å²) in [5, 5.41) is 2.91. The van der Waals surface area contributed by atoms with Crippen LogP contribution in [0.15, 0.2) is 24.3 Å². The van der Waals surface area contributed by atoms with Crippen LogP contribution < -0.4 is 5.32 Å². The van der Waals surface area contributed by atoms with Crippen molar-refractivity contribution in [2.45, 2.75) is 39.3 Å². The molecule has 1 amide bonds. The minimum atomic E-state index is -0.388. The molecule has 1 aromatic carbocycles. The standard InChI is InChI=1S/C20H28N2O5/c1-4-27-20(25)17-6-5-11-22(13-17)14(2)18(23)21-12-15-7-9-16(10-8-15)19(24)26-3/h7-10,14,17H,4-6,11-13H2,1-3H3,(H,21,23). The predicted molar refractivity (Wildman–Crippen MR) is 100 cm³/mol. The van der Waals surface area contributed by atoms with Crippen molar-refractivity contribution in [2.24, 2.45) is 5.92 Å². The first-order valence-corrected chi connectivity index (χ1v) is 9.31. The number of amides is 1. The summed E-state index contributed by atoms with van der Waals surface area (Å²) in [6, 6.07) is 6.59. The lowest BCUT2D eigenvalue weighted by Crippen LogP contribution is -2.50. The molecule has 2 unspecified atom stereocenters. The van der Waals surface area contributed by atoms with Crippen LogP contribution in [0, 0.1) is 5.92 Å². The third kappa shape index (κ3) is 5.79. The normalized spacial score (nSPS) is 18.4. The molecule has 0 aromatic heterocycles. The van der Waals surface area contributed by atoms with E-state index in [1.165, 1.54) is 7.11 Å². The summed E-state index contributed by atoms with van der Waals surface area (Å²) in [5.74, 6) is -0.822. The lowest BCUT2D eigenvalue weighted by Gasteiger charge is -2.35. The van der Waals surface area contributed by atoms with E-state index in [2.05, 4.69) is 10.1 Å². The number of hydrogen-bond donors (Lipinski definition) is 1.